The van der Waals surface area contributed by atoms with E-state index >= 15 is 0 Å². The number of H-pyrrole nitrogens is 1. The van der Waals surface area contributed by atoms with E-state index in [0.717, 1.165) is 0 Å². The molecule has 0 atom stereocenters. The van der Waals surface area contributed by atoms with Crippen LogP contribution in [0.4, 0.5) is 5.69 Å². The third kappa shape index (κ3) is 2.76. The lowest BCUT2D eigenvalue weighted by molar-refractivity contribution is -0.384. The van der Waals surface area contributed by atoms with Gasteiger partial charge in [-0.15, -0.1) is 0 Å². The average molecular weight is 289 g/mol. The van der Waals surface area contributed by atoms with Crippen LogP contribution in [0.15, 0.2) is 23.0 Å². The van der Waals surface area contributed by atoms with Crippen LogP contribution in [0.25, 0.3) is 11.4 Å². The Labute approximate surface area is 120 Å². The number of benzene rings is 1. The van der Waals surface area contributed by atoms with E-state index in [2.05, 4.69) is 9.97 Å². The monoisotopic (exact) mass is 289 g/mol. The molecule has 0 spiro atoms. The van der Waals surface area contributed by atoms with Gasteiger partial charge in [-0.25, -0.2) is 0 Å². The van der Waals surface area contributed by atoms with Gasteiger partial charge in [0.05, 0.1) is 10.5 Å². The maximum atomic E-state index is 12.0. The topological polar surface area (TPSA) is 109 Å². The van der Waals surface area contributed by atoms with Crippen molar-refractivity contribution < 1.29 is 10.0 Å². The molecule has 21 heavy (non-hydrogen) atoms. The van der Waals surface area contributed by atoms with Crippen LogP contribution in [0.1, 0.15) is 30.9 Å². The molecule has 0 amide bonds. The second-order valence-electron chi connectivity index (χ2n) is 5.06. The number of nitro groups is 1. The van der Waals surface area contributed by atoms with E-state index in [0.29, 0.717) is 11.1 Å². The van der Waals surface area contributed by atoms with Crippen LogP contribution in [-0.2, 0) is 0 Å². The summed E-state index contributed by atoms with van der Waals surface area (Å²) in [5.41, 5.74) is 0.762. The zero-order chi connectivity index (χ0) is 15.7. The molecule has 2 aromatic rings. The van der Waals surface area contributed by atoms with Crippen LogP contribution >= 0.6 is 0 Å². The molecular weight excluding hydrogens is 274 g/mol. The van der Waals surface area contributed by atoms with Gasteiger partial charge in [0, 0.05) is 17.7 Å². The largest absolute Gasteiger partial charge is 0.493 e. The van der Waals surface area contributed by atoms with Gasteiger partial charge < -0.3 is 10.1 Å². The van der Waals surface area contributed by atoms with Crippen molar-refractivity contribution in [2.75, 3.05) is 0 Å². The van der Waals surface area contributed by atoms with E-state index in [4.69, 9.17) is 0 Å². The first-order valence-corrected chi connectivity index (χ1v) is 6.40. The molecule has 1 aromatic heterocycles. The summed E-state index contributed by atoms with van der Waals surface area (Å²) in [5, 5.41) is 20.7. The molecule has 0 unspecified atom stereocenters. The van der Waals surface area contributed by atoms with Gasteiger partial charge in [-0.1, -0.05) is 19.9 Å². The fourth-order valence-corrected chi connectivity index (χ4v) is 2.10. The number of hydrogen-bond donors (Lipinski definition) is 2. The van der Waals surface area contributed by atoms with Crippen molar-refractivity contribution in [1.82, 2.24) is 9.97 Å². The first-order valence-electron chi connectivity index (χ1n) is 6.40. The van der Waals surface area contributed by atoms with Crippen LogP contribution in [0.5, 0.6) is 5.88 Å². The molecule has 0 radical (unpaired) electrons. The predicted octanol–water partition coefficient (Wildman–Crippen LogP) is 2.48. The molecule has 7 nitrogen and oxygen atoms in total. The van der Waals surface area contributed by atoms with Crippen molar-refractivity contribution in [3.05, 3.63) is 49.8 Å². The van der Waals surface area contributed by atoms with E-state index in [9.17, 15) is 20.0 Å². The normalized spacial score (nSPS) is 10.9. The molecule has 0 aliphatic carbocycles. The highest BCUT2D eigenvalue weighted by Gasteiger charge is 2.17. The highest BCUT2D eigenvalue weighted by molar-refractivity contribution is 5.64. The Balaban J connectivity index is 2.65. The molecule has 7 heteroatoms. The maximum absolute atomic E-state index is 12.0. The summed E-state index contributed by atoms with van der Waals surface area (Å²) in [4.78, 5) is 28.9. The molecule has 2 N–H and O–H groups in total. The second kappa shape index (κ2) is 5.35. The molecule has 0 bridgehead atoms. The van der Waals surface area contributed by atoms with Gasteiger partial charge in [-0.3, -0.25) is 14.9 Å². The highest BCUT2D eigenvalue weighted by atomic mass is 16.6. The molecule has 110 valence electrons. The maximum Gasteiger partial charge on any atom is 0.270 e. The Morgan fingerprint density at radius 3 is 2.57 bits per heavy atom. The summed E-state index contributed by atoms with van der Waals surface area (Å²) >= 11 is 0. The van der Waals surface area contributed by atoms with Gasteiger partial charge in [0.15, 0.2) is 0 Å². The van der Waals surface area contributed by atoms with Crippen molar-refractivity contribution in [1.29, 1.82) is 0 Å². The van der Waals surface area contributed by atoms with E-state index in [1.165, 1.54) is 12.1 Å². The zero-order valence-electron chi connectivity index (χ0n) is 11.9. The van der Waals surface area contributed by atoms with Gasteiger partial charge in [-0.05, 0) is 18.4 Å². The minimum absolute atomic E-state index is 0.106. The Morgan fingerprint density at radius 2 is 2.05 bits per heavy atom. The second-order valence-corrected chi connectivity index (χ2v) is 5.06. The number of aromatic nitrogens is 2. The standard InChI is InChI=1S/C14H15N3O4/c1-7(2)11-13(18)15-12(16-14(11)19)10-6-9(17(20)21)5-4-8(10)3/h4-7H,1-3H3,(H2,15,16,18,19). The number of non-ortho nitro benzene ring substituents is 1. The van der Waals surface area contributed by atoms with Crippen LogP contribution in [0, 0.1) is 17.0 Å². The first-order chi connectivity index (χ1) is 9.81. The molecule has 0 saturated carbocycles. The van der Waals surface area contributed by atoms with Gasteiger partial charge >= 0.3 is 0 Å². The van der Waals surface area contributed by atoms with E-state index in [1.54, 1.807) is 26.8 Å². The fourth-order valence-electron chi connectivity index (χ4n) is 2.10. The minimum Gasteiger partial charge on any atom is -0.493 e. The number of aromatic amines is 1. The molecule has 2 rings (SSSR count). The summed E-state index contributed by atoms with van der Waals surface area (Å²) in [6, 6.07) is 4.27. The molecule has 0 aliphatic heterocycles. The van der Waals surface area contributed by atoms with Crippen molar-refractivity contribution >= 4 is 5.69 Å². The first kappa shape index (κ1) is 14.7. The lowest BCUT2D eigenvalue weighted by atomic mass is 10.0. The molecular formula is C14H15N3O4. The molecule has 1 heterocycles. The lowest BCUT2D eigenvalue weighted by Gasteiger charge is -2.09. The van der Waals surface area contributed by atoms with Gasteiger partial charge in [-0.2, -0.15) is 4.98 Å². The van der Waals surface area contributed by atoms with Crippen LogP contribution in [-0.4, -0.2) is 20.0 Å². The Hall–Kier alpha value is -2.70. The van der Waals surface area contributed by atoms with Crippen molar-refractivity contribution in [2.45, 2.75) is 26.7 Å². The Kier molecular flexibility index (Phi) is 3.75. The number of aryl methyl sites for hydroxylation is 1. The SMILES string of the molecule is Cc1ccc([N+](=O)[O-])cc1-c1nc(O)c(C(C)C)c(=O)[nH]1. The summed E-state index contributed by atoms with van der Waals surface area (Å²) < 4.78 is 0. The Morgan fingerprint density at radius 1 is 1.38 bits per heavy atom. The predicted molar refractivity (Wildman–Crippen MR) is 77.4 cm³/mol. The van der Waals surface area contributed by atoms with E-state index in [-0.39, 0.29) is 28.9 Å². The van der Waals surface area contributed by atoms with Gasteiger partial charge in [0.1, 0.15) is 5.82 Å². The fraction of sp³-hybridized carbons (Fsp3) is 0.286. The number of nitrogens with one attached hydrogen (secondary N) is 1. The van der Waals surface area contributed by atoms with Crippen molar-refractivity contribution in [3.8, 4) is 17.3 Å². The molecule has 0 aliphatic rings. The number of nitro benzene ring substituents is 1. The van der Waals surface area contributed by atoms with Crippen LogP contribution < -0.4 is 5.56 Å². The third-order valence-electron chi connectivity index (χ3n) is 3.20. The number of aromatic hydroxyl groups is 1. The number of nitrogens with zero attached hydrogens (tertiary/aromatic N) is 2. The lowest BCUT2D eigenvalue weighted by Crippen LogP contribution is -2.16. The van der Waals surface area contributed by atoms with Crippen LogP contribution in [0.3, 0.4) is 0 Å². The molecule has 0 fully saturated rings. The summed E-state index contributed by atoms with van der Waals surface area (Å²) in [6.45, 7) is 5.28. The van der Waals surface area contributed by atoms with Crippen LogP contribution in [0.2, 0.25) is 0 Å². The molecule has 1 aromatic carbocycles. The number of rotatable bonds is 3. The average Bonchev–Trinajstić information content (AvgIpc) is 2.37. The zero-order valence-corrected chi connectivity index (χ0v) is 11.9. The van der Waals surface area contributed by atoms with Crippen molar-refractivity contribution in [3.63, 3.8) is 0 Å². The van der Waals surface area contributed by atoms with Crippen molar-refractivity contribution in [2.24, 2.45) is 0 Å². The summed E-state index contributed by atoms with van der Waals surface area (Å²) in [7, 11) is 0. The smallest absolute Gasteiger partial charge is 0.270 e. The highest BCUT2D eigenvalue weighted by Crippen LogP contribution is 2.27. The van der Waals surface area contributed by atoms with Gasteiger partial charge in [0.25, 0.3) is 11.2 Å². The van der Waals surface area contributed by atoms with Gasteiger partial charge in [0.2, 0.25) is 5.88 Å². The van der Waals surface area contributed by atoms with E-state index < -0.39 is 10.5 Å². The quantitative estimate of drug-likeness (QED) is 0.666. The number of hydrogen-bond acceptors (Lipinski definition) is 5. The third-order valence-corrected chi connectivity index (χ3v) is 3.20. The summed E-state index contributed by atoms with van der Waals surface area (Å²) in [6.07, 6.45) is 0. The van der Waals surface area contributed by atoms with E-state index in [1.807, 2.05) is 0 Å². The minimum atomic E-state index is -0.524. The molecule has 0 saturated heterocycles. The Bertz CT molecular complexity index is 765. The summed E-state index contributed by atoms with van der Waals surface area (Å²) in [5.74, 6) is -0.417.